The molecule has 0 aliphatic rings. The fraction of sp³-hybridized carbons (Fsp3) is 0.417. The second kappa shape index (κ2) is 4.65. The first-order valence-corrected chi connectivity index (χ1v) is 7.19. The van der Waals surface area contributed by atoms with Crippen molar-refractivity contribution in [1.29, 1.82) is 0 Å². The average Bonchev–Trinajstić information content (AvgIpc) is 2.89. The number of nitrogens with zero attached hydrogens (tertiary/aromatic N) is 1. The van der Waals surface area contributed by atoms with Crippen molar-refractivity contribution < 1.29 is 0 Å². The Bertz CT molecular complexity index is 443. The first kappa shape index (κ1) is 11.8. The Morgan fingerprint density at radius 3 is 2.81 bits per heavy atom. The summed E-state index contributed by atoms with van der Waals surface area (Å²) in [7, 11) is 0. The fourth-order valence-electron chi connectivity index (χ4n) is 1.61. The van der Waals surface area contributed by atoms with Crippen LogP contribution in [0.5, 0.6) is 0 Å². The van der Waals surface area contributed by atoms with Crippen LogP contribution in [0, 0.1) is 0 Å². The molecule has 2 aromatic heterocycles. The van der Waals surface area contributed by atoms with Crippen molar-refractivity contribution >= 4 is 22.7 Å². The highest BCUT2D eigenvalue weighted by atomic mass is 32.1. The van der Waals surface area contributed by atoms with Gasteiger partial charge in [0.2, 0.25) is 0 Å². The number of hydrogen-bond acceptors (Lipinski definition) is 4. The molecule has 4 heteroatoms. The maximum absolute atomic E-state index is 4.71. The largest absolute Gasteiger partial charge is 0.307 e. The SMILES string of the molecule is CCNC(C)(C)c1csc(-c2ccsc2)n1. The Kier molecular flexibility index (Phi) is 3.42. The lowest BCUT2D eigenvalue weighted by Crippen LogP contribution is -2.36. The quantitative estimate of drug-likeness (QED) is 0.897. The predicted molar refractivity (Wildman–Crippen MR) is 72.1 cm³/mol. The van der Waals surface area contributed by atoms with Crippen molar-refractivity contribution in [2.45, 2.75) is 26.3 Å². The average molecular weight is 252 g/mol. The van der Waals surface area contributed by atoms with E-state index in [0.29, 0.717) is 0 Å². The molecule has 16 heavy (non-hydrogen) atoms. The molecule has 0 saturated carbocycles. The van der Waals surface area contributed by atoms with Crippen LogP contribution in [0.3, 0.4) is 0 Å². The molecule has 0 aliphatic carbocycles. The number of hydrogen-bond donors (Lipinski definition) is 1. The monoisotopic (exact) mass is 252 g/mol. The van der Waals surface area contributed by atoms with Gasteiger partial charge in [0.15, 0.2) is 0 Å². The Morgan fingerprint density at radius 2 is 2.19 bits per heavy atom. The molecule has 0 atom stereocenters. The van der Waals surface area contributed by atoms with Gasteiger partial charge in [-0.05, 0) is 31.8 Å². The van der Waals surface area contributed by atoms with Gasteiger partial charge in [-0.3, -0.25) is 0 Å². The first-order valence-electron chi connectivity index (χ1n) is 5.37. The summed E-state index contributed by atoms with van der Waals surface area (Å²) in [5.74, 6) is 0. The summed E-state index contributed by atoms with van der Waals surface area (Å²) in [5.41, 5.74) is 2.31. The molecule has 0 aliphatic heterocycles. The van der Waals surface area contributed by atoms with Crippen molar-refractivity contribution in [2.24, 2.45) is 0 Å². The van der Waals surface area contributed by atoms with Crippen LogP contribution in [-0.4, -0.2) is 11.5 Å². The van der Waals surface area contributed by atoms with E-state index in [9.17, 15) is 0 Å². The smallest absolute Gasteiger partial charge is 0.124 e. The molecule has 2 rings (SSSR count). The van der Waals surface area contributed by atoms with E-state index in [0.717, 1.165) is 17.2 Å². The maximum atomic E-state index is 4.71. The highest BCUT2D eigenvalue weighted by Crippen LogP contribution is 2.29. The molecule has 2 nitrogen and oxygen atoms in total. The topological polar surface area (TPSA) is 24.9 Å². The summed E-state index contributed by atoms with van der Waals surface area (Å²) in [6, 6.07) is 2.12. The van der Waals surface area contributed by atoms with Crippen molar-refractivity contribution in [3.8, 4) is 10.6 Å². The van der Waals surface area contributed by atoms with Crippen molar-refractivity contribution in [3.05, 3.63) is 27.9 Å². The summed E-state index contributed by atoms with van der Waals surface area (Å²) in [6.07, 6.45) is 0. The minimum Gasteiger partial charge on any atom is -0.307 e. The summed E-state index contributed by atoms with van der Waals surface area (Å²) >= 11 is 3.43. The van der Waals surface area contributed by atoms with Crippen molar-refractivity contribution in [1.82, 2.24) is 10.3 Å². The van der Waals surface area contributed by atoms with Gasteiger partial charge < -0.3 is 5.32 Å². The molecule has 0 saturated heterocycles. The van der Waals surface area contributed by atoms with Crippen LogP contribution >= 0.6 is 22.7 Å². The molecular weight excluding hydrogens is 236 g/mol. The molecular formula is C12H16N2S2. The number of thiazole rings is 1. The van der Waals surface area contributed by atoms with Crippen molar-refractivity contribution in [3.63, 3.8) is 0 Å². The minimum absolute atomic E-state index is 0.0421. The standard InChI is InChI=1S/C12H16N2S2/c1-4-13-12(2,3)10-8-16-11(14-10)9-5-6-15-7-9/h5-8,13H,4H2,1-3H3. The summed E-state index contributed by atoms with van der Waals surface area (Å²) < 4.78 is 0. The van der Waals surface area contributed by atoms with Gasteiger partial charge in [-0.2, -0.15) is 11.3 Å². The molecule has 1 N–H and O–H groups in total. The number of nitrogens with one attached hydrogen (secondary N) is 1. The van der Waals surface area contributed by atoms with Crippen LogP contribution in [-0.2, 0) is 5.54 Å². The molecule has 2 heterocycles. The molecule has 0 spiro atoms. The van der Waals surface area contributed by atoms with Crippen LogP contribution in [0.1, 0.15) is 26.5 Å². The second-order valence-electron chi connectivity index (χ2n) is 4.21. The van der Waals surface area contributed by atoms with Crippen LogP contribution in [0.15, 0.2) is 22.2 Å². The molecule has 86 valence electrons. The Morgan fingerprint density at radius 1 is 1.38 bits per heavy atom. The van der Waals surface area contributed by atoms with E-state index >= 15 is 0 Å². The third-order valence-corrected chi connectivity index (χ3v) is 4.11. The number of aromatic nitrogens is 1. The fourth-order valence-corrected chi connectivity index (χ4v) is 3.31. The van der Waals surface area contributed by atoms with Gasteiger partial charge in [-0.25, -0.2) is 4.98 Å². The lowest BCUT2D eigenvalue weighted by molar-refractivity contribution is 0.406. The summed E-state index contributed by atoms with van der Waals surface area (Å²) in [4.78, 5) is 4.71. The highest BCUT2D eigenvalue weighted by molar-refractivity contribution is 7.14. The lowest BCUT2D eigenvalue weighted by Gasteiger charge is -2.23. The molecule has 0 radical (unpaired) electrons. The normalized spacial score (nSPS) is 11.9. The Balaban J connectivity index is 2.26. The zero-order valence-corrected chi connectivity index (χ0v) is 11.4. The minimum atomic E-state index is -0.0421. The van der Waals surface area contributed by atoms with Crippen LogP contribution in [0.25, 0.3) is 10.6 Å². The van der Waals surface area contributed by atoms with Crippen LogP contribution in [0.4, 0.5) is 0 Å². The van der Waals surface area contributed by atoms with E-state index in [-0.39, 0.29) is 5.54 Å². The third kappa shape index (κ3) is 2.34. The van der Waals surface area contributed by atoms with Crippen LogP contribution in [0.2, 0.25) is 0 Å². The van der Waals surface area contributed by atoms with Gasteiger partial charge in [0.1, 0.15) is 5.01 Å². The first-order chi connectivity index (χ1) is 7.63. The van der Waals surface area contributed by atoms with Crippen LogP contribution < -0.4 is 5.32 Å². The van der Waals surface area contributed by atoms with E-state index < -0.39 is 0 Å². The predicted octanol–water partition coefficient (Wildman–Crippen LogP) is 3.72. The maximum Gasteiger partial charge on any atom is 0.124 e. The highest BCUT2D eigenvalue weighted by Gasteiger charge is 2.22. The van der Waals surface area contributed by atoms with E-state index in [1.54, 1.807) is 22.7 Å². The van der Waals surface area contributed by atoms with E-state index in [1.165, 1.54) is 5.56 Å². The summed E-state index contributed by atoms with van der Waals surface area (Å²) in [6.45, 7) is 7.41. The van der Waals surface area contributed by atoms with Crippen molar-refractivity contribution in [2.75, 3.05) is 6.54 Å². The number of rotatable bonds is 4. The van der Waals surface area contributed by atoms with Gasteiger partial charge in [0, 0.05) is 16.3 Å². The molecule has 0 amide bonds. The second-order valence-corrected chi connectivity index (χ2v) is 5.84. The van der Waals surface area contributed by atoms with Gasteiger partial charge in [0.05, 0.1) is 11.2 Å². The molecule has 0 aromatic carbocycles. The van der Waals surface area contributed by atoms with E-state index in [2.05, 4.69) is 48.3 Å². The zero-order valence-electron chi connectivity index (χ0n) is 9.78. The molecule has 0 unspecified atom stereocenters. The molecule has 0 bridgehead atoms. The van der Waals surface area contributed by atoms with E-state index in [4.69, 9.17) is 4.98 Å². The van der Waals surface area contributed by atoms with E-state index in [1.807, 2.05) is 0 Å². The summed E-state index contributed by atoms with van der Waals surface area (Å²) in [5, 5.41) is 10.9. The van der Waals surface area contributed by atoms with Gasteiger partial charge in [-0.1, -0.05) is 6.92 Å². The van der Waals surface area contributed by atoms with Gasteiger partial charge in [-0.15, -0.1) is 11.3 Å². The van der Waals surface area contributed by atoms with Gasteiger partial charge in [0.25, 0.3) is 0 Å². The van der Waals surface area contributed by atoms with Gasteiger partial charge >= 0.3 is 0 Å². The Hall–Kier alpha value is -0.710. The zero-order chi connectivity index (χ0) is 11.6. The third-order valence-electron chi connectivity index (χ3n) is 2.53. The molecule has 0 fully saturated rings. The molecule has 2 aromatic rings. The Labute approximate surface area is 104 Å². The number of thiophene rings is 1. The lowest BCUT2D eigenvalue weighted by atomic mass is 10.0.